The zero-order valence-corrected chi connectivity index (χ0v) is 20.4. The summed E-state index contributed by atoms with van der Waals surface area (Å²) in [5, 5.41) is 17.5. The zero-order valence-electron chi connectivity index (χ0n) is 19.6. The molecular formula is C26H32N4O3S. The lowest BCUT2D eigenvalue weighted by Crippen LogP contribution is -2.54. The second-order valence-corrected chi connectivity index (χ2v) is 11.5. The number of hydrogen-bond donors (Lipinski definition) is 3. The van der Waals surface area contributed by atoms with E-state index in [2.05, 4.69) is 46.6 Å². The number of sulfone groups is 1. The minimum Gasteiger partial charge on any atom is -0.391 e. The highest BCUT2D eigenvalue weighted by Gasteiger charge is 2.39. The number of aromatic nitrogens is 2. The average molecular weight is 481 g/mol. The molecule has 1 saturated heterocycles. The smallest absolute Gasteiger partial charge is 0.152 e. The summed E-state index contributed by atoms with van der Waals surface area (Å²) >= 11 is 0. The van der Waals surface area contributed by atoms with E-state index in [-0.39, 0.29) is 17.4 Å². The van der Waals surface area contributed by atoms with Crippen LogP contribution in [0.2, 0.25) is 0 Å². The van der Waals surface area contributed by atoms with Gasteiger partial charge in [-0.1, -0.05) is 50.2 Å². The molecule has 0 unspecified atom stereocenters. The Morgan fingerprint density at radius 1 is 1.06 bits per heavy atom. The maximum Gasteiger partial charge on any atom is 0.152 e. The fourth-order valence-electron chi connectivity index (χ4n) is 4.40. The summed E-state index contributed by atoms with van der Waals surface area (Å²) in [5.74, 6) is 0.711. The molecule has 1 aromatic heterocycles. The maximum atomic E-state index is 12.6. The van der Waals surface area contributed by atoms with Gasteiger partial charge in [0.2, 0.25) is 0 Å². The first-order valence-corrected chi connectivity index (χ1v) is 13.4. The summed E-state index contributed by atoms with van der Waals surface area (Å²) < 4.78 is 25.3. The molecular weight excluding hydrogens is 448 g/mol. The molecule has 0 radical (unpaired) electrons. The highest BCUT2D eigenvalue weighted by Crippen LogP contribution is 2.25. The molecule has 0 saturated carbocycles. The standard InChI is InChI=1S/C26H32N4O3S/c1-18(2)21-5-3-4-20(13-21)14-28-24-16-34(32,33)15-22(26(24)31)12-19-6-8-23(9-7-19)30-25-10-11-27-17-29-25/h3-11,13,17-18,22,24,26,28,31H,12,14-16H2,1-2H3,(H,27,29,30)/t22-,24+,26+/m1/s1. The molecule has 7 nitrogen and oxygen atoms in total. The number of benzene rings is 2. The lowest BCUT2D eigenvalue weighted by Gasteiger charge is -2.35. The van der Waals surface area contributed by atoms with Crippen LogP contribution in [0.5, 0.6) is 0 Å². The van der Waals surface area contributed by atoms with Gasteiger partial charge in [0.1, 0.15) is 12.1 Å². The second kappa shape index (κ2) is 10.6. The molecule has 2 heterocycles. The third-order valence-electron chi connectivity index (χ3n) is 6.29. The molecule has 0 aliphatic carbocycles. The molecule has 3 atom stereocenters. The van der Waals surface area contributed by atoms with Gasteiger partial charge in [0.15, 0.2) is 9.84 Å². The Bertz CT molecular complexity index is 1180. The predicted molar refractivity (Wildman–Crippen MR) is 135 cm³/mol. The Morgan fingerprint density at radius 2 is 1.85 bits per heavy atom. The summed E-state index contributed by atoms with van der Waals surface area (Å²) in [6.45, 7) is 4.81. The van der Waals surface area contributed by atoms with Gasteiger partial charge in [-0.15, -0.1) is 0 Å². The third kappa shape index (κ3) is 6.40. The quantitative estimate of drug-likeness (QED) is 0.454. The predicted octanol–water partition coefficient (Wildman–Crippen LogP) is 3.45. The Labute approximate surface area is 201 Å². The SMILES string of the molecule is CC(C)c1cccc(CN[C@H]2CS(=O)(=O)C[C@@H](Cc3ccc(Nc4ccncn4)cc3)[C@@H]2O)c1. The van der Waals surface area contributed by atoms with Gasteiger partial charge in [-0.05, 0) is 47.2 Å². The van der Waals surface area contributed by atoms with Crippen LogP contribution < -0.4 is 10.6 Å². The van der Waals surface area contributed by atoms with E-state index in [1.165, 1.54) is 11.9 Å². The normalized spacial score (nSPS) is 21.9. The summed E-state index contributed by atoms with van der Waals surface area (Å²) in [6, 6.07) is 17.3. The highest BCUT2D eigenvalue weighted by molar-refractivity contribution is 7.91. The molecule has 3 N–H and O–H groups in total. The van der Waals surface area contributed by atoms with Crippen molar-refractivity contribution in [2.24, 2.45) is 5.92 Å². The first-order valence-electron chi connectivity index (χ1n) is 11.6. The molecule has 0 bridgehead atoms. The fraction of sp³-hybridized carbons (Fsp3) is 0.385. The van der Waals surface area contributed by atoms with Crippen molar-refractivity contribution < 1.29 is 13.5 Å². The van der Waals surface area contributed by atoms with Gasteiger partial charge in [0, 0.05) is 30.4 Å². The Kier molecular flexibility index (Phi) is 7.60. The van der Waals surface area contributed by atoms with Gasteiger partial charge < -0.3 is 15.7 Å². The monoisotopic (exact) mass is 480 g/mol. The summed E-state index contributed by atoms with van der Waals surface area (Å²) in [7, 11) is -3.26. The number of aliphatic hydroxyl groups is 1. The van der Waals surface area contributed by atoms with E-state index in [1.54, 1.807) is 12.3 Å². The second-order valence-electron chi connectivity index (χ2n) is 9.34. The molecule has 1 fully saturated rings. The van der Waals surface area contributed by atoms with Crippen LogP contribution in [0.3, 0.4) is 0 Å². The first kappa shape index (κ1) is 24.3. The van der Waals surface area contributed by atoms with Gasteiger partial charge in [0.25, 0.3) is 0 Å². The Morgan fingerprint density at radius 3 is 2.56 bits per heavy atom. The van der Waals surface area contributed by atoms with Crippen molar-refractivity contribution in [3.63, 3.8) is 0 Å². The van der Waals surface area contributed by atoms with Crippen LogP contribution in [-0.2, 0) is 22.8 Å². The molecule has 180 valence electrons. The fourth-order valence-corrected chi connectivity index (χ4v) is 6.37. The zero-order chi connectivity index (χ0) is 24.1. The van der Waals surface area contributed by atoms with Crippen LogP contribution in [0, 0.1) is 5.92 Å². The first-order chi connectivity index (χ1) is 16.3. The molecule has 0 amide bonds. The van der Waals surface area contributed by atoms with Crippen LogP contribution >= 0.6 is 0 Å². The van der Waals surface area contributed by atoms with Crippen LogP contribution in [-0.4, -0.2) is 47.1 Å². The molecule has 0 spiro atoms. The number of nitrogens with one attached hydrogen (secondary N) is 2. The van der Waals surface area contributed by atoms with E-state index in [0.717, 1.165) is 16.8 Å². The number of anilines is 2. The van der Waals surface area contributed by atoms with Crippen LogP contribution in [0.15, 0.2) is 67.1 Å². The van der Waals surface area contributed by atoms with Crippen molar-refractivity contribution >= 4 is 21.3 Å². The summed E-state index contributed by atoms with van der Waals surface area (Å²) in [6.07, 6.45) is 2.90. The van der Waals surface area contributed by atoms with Crippen molar-refractivity contribution in [2.75, 3.05) is 16.8 Å². The molecule has 3 aromatic rings. The molecule has 1 aliphatic rings. The molecule has 1 aliphatic heterocycles. The lowest BCUT2D eigenvalue weighted by atomic mass is 9.91. The van der Waals surface area contributed by atoms with E-state index >= 15 is 0 Å². The number of aliphatic hydroxyl groups excluding tert-OH is 1. The van der Waals surface area contributed by atoms with Gasteiger partial charge >= 0.3 is 0 Å². The molecule has 8 heteroatoms. The number of nitrogens with zero attached hydrogens (tertiary/aromatic N) is 2. The lowest BCUT2D eigenvalue weighted by molar-refractivity contribution is 0.0781. The van der Waals surface area contributed by atoms with Crippen molar-refractivity contribution in [3.05, 3.63) is 83.8 Å². The van der Waals surface area contributed by atoms with Crippen molar-refractivity contribution in [2.45, 2.75) is 44.9 Å². The summed E-state index contributed by atoms with van der Waals surface area (Å²) in [5.41, 5.74) is 4.19. The minimum absolute atomic E-state index is 0.00385. The number of rotatable bonds is 8. The van der Waals surface area contributed by atoms with Gasteiger partial charge in [0.05, 0.1) is 17.6 Å². The van der Waals surface area contributed by atoms with E-state index < -0.39 is 22.0 Å². The molecule has 2 aromatic carbocycles. The number of hydrogen-bond acceptors (Lipinski definition) is 7. The van der Waals surface area contributed by atoms with Crippen LogP contribution in [0.25, 0.3) is 0 Å². The van der Waals surface area contributed by atoms with Crippen molar-refractivity contribution in [3.8, 4) is 0 Å². The molecule has 34 heavy (non-hydrogen) atoms. The molecule has 4 rings (SSSR count). The van der Waals surface area contributed by atoms with E-state index in [1.807, 2.05) is 36.4 Å². The maximum absolute atomic E-state index is 12.6. The van der Waals surface area contributed by atoms with Crippen LogP contribution in [0.1, 0.15) is 36.5 Å². The van der Waals surface area contributed by atoms with Gasteiger partial charge in [-0.2, -0.15) is 0 Å². The van der Waals surface area contributed by atoms with Crippen molar-refractivity contribution in [1.82, 2.24) is 15.3 Å². The van der Waals surface area contributed by atoms with E-state index in [0.29, 0.717) is 24.7 Å². The van der Waals surface area contributed by atoms with E-state index in [4.69, 9.17) is 0 Å². The van der Waals surface area contributed by atoms with Gasteiger partial charge in [-0.3, -0.25) is 0 Å². The Balaban J connectivity index is 1.40. The average Bonchev–Trinajstić information content (AvgIpc) is 2.82. The van der Waals surface area contributed by atoms with Crippen LogP contribution in [0.4, 0.5) is 11.5 Å². The van der Waals surface area contributed by atoms with Crippen molar-refractivity contribution in [1.29, 1.82) is 0 Å². The third-order valence-corrected chi connectivity index (χ3v) is 8.09. The topological polar surface area (TPSA) is 104 Å². The minimum atomic E-state index is -3.26. The largest absolute Gasteiger partial charge is 0.391 e. The van der Waals surface area contributed by atoms with E-state index in [9.17, 15) is 13.5 Å². The van der Waals surface area contributed by atoms with Gasteiger partial charge in [-0.25, -0.2) is 18.4 Å². The Hall–Kier alpha value is -2.81. The summed E-state index contributed by atoms with van der Waals surface area (Å²) in [4.78, 5) is 8.05. The highest BCUT2D eigenvalue weighted by atomic mass is 32.2.